The molecule has 0 bridgehead atoms. The van der Waals surface area contributed by atoms with Gasteiger partial charge in [-0.3, -0.25) is 4.79 Å². The SMILES string of the molecule is CC(N)[C@@H](CCc1nn[nH]n1)C(=O)OC(C)(C)C. The summed E-state index contributed by atoms with van der Waals surface area (Å²) in [5.41, 5.74) is 5.33. The topological polar surface area (TPSA) is 107 Å². The van der Waals surface area contributed by atoms with Crippen LogP contribution in [0.4, 0.5) is 0 Å². The number of aromatic amines is 1. The van der Waals surface area contributed by atoms with Crippen molar-refractivity contribution in [2.24, 2.45) is 11.7 Å². The molecule has 0 aliphatic carbocycles. The van der Waals surface area contributed by atoms with Gasteiger partial charge in [0.1, 0.15) is 5.60 Å². The smallest absolute Gasteiger partial charge is 0.311 e. The van der Waals surface area contributed by atoms with Crippen molar-refractivity contribution in [1.29, 1.82) is 0 Å². The van der Waals surface area contributed by atoms with Gasteiger partial charge in [0.25, 0.3) is 0 Å². The van der Waals surface area contributed by atoms with E-state index in [2.05, 4.69) is 20.6 Å². The molecule has 1 aromatic heterocycles. The van der Waals surface area contributed by atoms with Crippen LogP contribution < -0.4 is 5.73 Å². The number of esters is 1. The molecule has 0 saturated carbocycles. The first kappa shape index (κ1) is 14.6. The predicted octanol–water partition coefficient (Wildman–Crippen LogP) is 0.437. The Morgan fingerprint density at radius 2 is 2.17 bits per heavy atom. The summed E-state index contributed by atoms with van der Waals surface area (Å²) in [6.07, 6.45) is 1.09. The molecule has 0 radical (unpaired) electrons. The number of aromatic nitrogens is 4. The molecule has 102 valence electrons. The molecule has 1 heterocycles. The van der Waals surface area contributed by atoms with Gasteiger partial charge in [-0.05, 0) is 34.1 Å². The van der Waals surface area contributed by atoms with E-state index in [1.165, 1.54) is 0 Å². The molecule has 18 heavy (non-hydrogen) atoms. The lowest BCUT2D eigenvalue weighted by atomic mass is 9.96. The Hall–Kier alpha value is -1.50. The fraction of sp³-hybridized carbons (Fsp3) is 0.818. The number of rotatable bonds is 5. The van der Waals surface area contributed by atoms with Gasteiger partial charge < -0.3 is 10.5 Å². The van der Waals surface area contributed by atoms with Crippen LogP contribution in [-0.2, 0) is 16.0 Å². The van der Waals surface area contributed by atoms with Gasteiger partial charge in [0.15, 0.2) is 5.82 Å². The zero-order valence-corrected chi connectivity index (χ0v) is 11.3. The fourth-order valence-corrected chi connectivity index (χ4v) is 1.55. The first-order valence-corrected chi connectivity index (χ1v) is 6.00. The van der Waals surface area contributed by atoms with Crippen molar-refractivity contribution < 1.29 is 9.53 Å². The average molecular weight is 255 g/mol. The van der Waals surface area contributed by atoms with E-state index >= 15 is 0 Å². The first-order chi connectivity index (χ1) is 8.29. The van der Waals surface area contributed by atoms with Crippen LogP contribution in [0.15, 0.2) is 0 Å². The Morgan fingerprint density at radius 1 is 1.50 bits per heavy atom. The lowest BCUT2D eigenvalue weighted by Crippen LogP contribution is -2.38. The summed E-state index contributed by atoms with van der Waals surface area (Å²) < 4.78 is 5.35. The number of hydrogen-bond donors (Lipinski definition) is 2. The third-order valence-electron chi connectivity index (χ3n) is 2.41. The molecule has 2 atom stereocenters. The van der Waals surface area contributed by atoms with Crippen LogP contribution in [0.3, 0.4) is 0 Å². The van der Waals surface area contributed by atoms with Gasteiger partial charge in [-0.1, -0.05) is 5.21 Å². The number of nitrogens with one attached hydrogen (secondary N) is 1. The molecule has 3 N–H and O–H groups in total. The molecule has 7 nitrogen and oxygen atoms in total. The maximum absolute atomic E-state index is 12.0. The van der Waals surface area contributed by atoms with Crippen molar-refractivity contribution in [3.05, 3.63) is 5.82 Å². The van der Waals surface area contributed by atoms with E-state index in [0.717, 1.165) is 0 Å². The Morgan fingerprint density at radius 3 is 2.61 bits per heavy atom. The number of carbonyl (C=O) groups is 1. The average Bonchev–Trinajstić information content (AvgIpc) is 2.67. The number of ether oxygens (including phenoxy) is 1. The zero-order valence-electron chi connectivity index (χ0n) is 11.3. The summed E-state index contributed by atoms with van der Waals surface area (Å²) >= 11 is 0. The number of tetrazole rings is 1. The van der Waals surface area contributed by atoms with Crippen LogP contribution >= 0.6 is 0 Å². The second-order valence-electron chi connectivity index (χ2n) is 5.37. The summed E-state index contributed by atoms with van der Waals surface area (Å²) in [5.74, 6) is -0.0621. The number of nitrogens with two attached hydrogens (primary N) is 1. The van der Waals surface area contributed by atoms with Crippen LogP contribution in [0.5, 0.6) is 0 Å². The van der Waals surface area contributed by atoms with Gasteiger partial charge in [-0.2, -0.15) is 5.21 Å². The van der Waals surface area contributed by atoms with Gasteiger partial charge in [0.05, 0.1) is 5.92 Å². The monoisotopic (exact) mass is 255 g/mol. The number of H-pyrrole nitrogens is 1. The zero-order chi connectivity index (χ0) is 13.8. The van der Waals surface area contributed by atoms with E-state index < -0.39 is 5.60 Å². The highest BCUT2D eigenvalue weighted by Gasteiger charge is 2.28. The van der Waals surface area contributed by atoms with Crippen molar-refractivity contribution in [3.63, 3.8) is 0 Å². The van der Waals surface area contributed by atoms with E-state index in [4.69, 9.17) is 10.5 Å². The normalized spacial score (nSPS) is 15.2. The van der Waals surface area contributed by atoms with Gasteiger partial charge in [0, 0.05) is 12.5 Å². The third kappa shape index (κ3) is 4.79. The third-order valence-corrected chi connectivity index (χ3v) is 2.41. The second kappa shape index (κ2) is 5.90. The molecular weight excluding hydrogens is 234 g/mol. The molecule has 0 amide bonds. The van der Waals surface area contributed by atoms with Gasteiger partial charge in [0.2, 0.25) is 0 Å². The lowest BCUT2D eigenvalue weighted by molar-refractivity contribution is -0.160. The quantitative estimate of drug-likeness (QED) is 0.739. The molecule has 0 aliphatic rings. The number of aryl methyl sites for hydroxylation is 1. The Balaban J connectivity index is 2.57. The second-order valence-corrected chi connectivity index (χ2v) is 5.37. The molecule has 1 rings (SSSR count). The molecule has 0 saturated heterocycles. The van der Waals surface area contributed by atoms with Crippen LogP contribution in [0.25, 0.3) is 0 Å². The highest BCUT2D eigenvalue weighted by Crippen LogP contribution is 2.17. The molecule has 7 heteroatoms. The molecule has 0 aliphatic heterocycles. The molecular formula is C11H21N5O2. The van der Waals surface area contributed by atoms with Crippen LogP contribution in [0, 0.1) is 5.92 Å². The van der Waals surface area contributed by atoms with E-state index in [9.17, 15) is 4.79 Å². The van der Waals surface area contributed by atoms with E-state index in [1.807, 2.05) is 20.8 Å². The van der Waals surface area contributed by atoms with E-state index in [0.29, 0.717) is 18.7 Å². The summed E-state index contributed by atoms with van der Waals surface area (Å²) in [7, 11) is 0. The predicted molar refractivity (Wildman–Crippen MR) is 65.5 cm³/mol. The summed E-state index contributed by atoms with van der Waals surface area (Å²) in [4.78, 5) is 12.0. The fourth-order valence-electron chi connectivity index (χ4n) is 1.55. The molecule has 0 fully saturated rings. The molecule has 0 aromatic carbocycles. The maximum atomic E-state index is 12.0. The van der Waals surface area contributed by atoms with Crippen molar-refractivity contribution in [2.45, 2.75) is 52.2 Å². The Kier molecular flexibility index (Phi) is 4.77. The van der Waals surface area contributed by atoms with Gasteiger partial charge in [-0.25, -0.2) is 0 Å². The van der Waals surface area contributed by atoms with Gasteiger partial charge >= 0.3 is 5.97 Å². The van der Waals surface area contributed by atoms with Crippen molar-refractivity contribution >= 4 is 5.97 Å². The minimum Gasteiger partial charge on any atom is -0.460 e. The Labute approximate surface area is 106 Å². The van der Waals surface area contributed by atoms with E-state index in [1.54, 1.807) is 6.92 Å². The van der Waals surface area contributed by atoms with Crippen LogP contribution in [-0.4, -0.2) is 38.2 Å². The molecule has 0 spiro atoms. The van der Waals surface area contributed by atoms with E-state index in [-0.39, 0.29) is 17.9 Å². The largest absolute Gasteiger partial charge is 0.460 e. The summed E-state index contributed by atoms with van der Waals surface area (Å²) in [5, 5.41) is 13.5. The Bertz CT molecular complexity index is 369. The van der Waals surface area contributed by atoms with Crippen LogP contribution in [0.1, 0.15) is 39.9 Å². The first-order valence-electron chi connectivity index (χ1n) is 6.00. The lowest BCUT2D eigenvalue weighted by Gasteiger charge is -2.25. The summed E-state index contributed by atoms with van der Waals surface area (Å²) in [6, 6.07) is -0.272. The molecule has 1 unspecified atom stereocenters. The molecule has 1 aromatic rings. The summed E-state index contributed by atoms with van der Waals surface area (Å²) in [6.45, 7) is 7.30. The van der Waals surface area contributed by atoms with Crippen molar-refractivity contribution in [3.8, 4) is 0 Å². The highest BCUT2D eigenvalue weighted by molar-refractivity contribution is 5.73. The number of nitrogens with zero attached hydrogens (tertiary/aromatic N) is 3. The van der Waals surface area contributed by atoms with Crippen molar-refractivity contribution in [1.82, 2.24) is 20.6 Å². The number of carbonyl (C=O) groups excluding carboxylic acids is 1. The minimum absolute atomic E-state index is 0.272. The van der Waals surface area contributed by atoms with Crippen molar-refractivity contribution in [2.75, 3.05) is 0 Å². The maximum Gasteiger partial charge on any atom is 0.311 e. The minimum atomic E-state index is -0.504. The highest BCUT2D eigenvalue weighted by atomic mass is 16.6. The van der Waals surface area contributed by atoms with Gasteiger partial charge in [-0.15, -0.1) is 10.2 Å². The standard InChI is InChI=1S/C11H21N5O2/c1-7(12)8(10(17)18-11(2,3)4)5-6-9-13-15-16-14-9/h7-8H,5-6,12H2,1-4H3,(H,13,14,15,16)/t7?,8-/m1/s1. The number of hydrogen-bond acceptors (Lipinski definition) is 6. The van der Waals surface area contributed by atoms with Crippen LogP contribution in [0.2, 0.25) is 0 Å².